The summed E-state index contributed by atoms with van der Waals surface area (Å²) in [5, 5.41) is 45.6. The SMILES string of the molecule is C.C.C.C=C(C)C(=O)OCCc1ccc(C(=O)C2CCCCC2)c(-n2nc3ccccc3n2)c1.C=C(C)C(=O)OCCc1ccc(C=O)c(-n2nc3ccccc3n2)c1.C=C(C)C(=O)OCCc1ccc(OC(C)(C)c2ccccc2)c(-n2nc3ccccc3n2)c1.C=C(C)C(=O)OCCc1ccc(OC2CC=CO2)c(-n2nc3ccccc3n2)c1.C=C(C)C(=O)OCCc1ccc(O[Si](C)(C)C)c(-n2nc3ccccc3n2)c1. The fourth-order valence-electron chi connectivity index (χ4n) is 15.5. The molecule has 0 amide bonds. The number of hydrogen-bond donors (Lipinski definition) is 0. The Morgan fingerprint density at radius 2 is 0.658 bits per heavy atom. The summed E-state index contributed by atoms with van der Waals surface area (Å²) in [6.45, 7) is 37.8. The molecule has 1 atom stereocenters. The molecular formula is C117H129N15O16Si. The smallest absolute Gasteiger partial charge is 0.333 e. The number of esters is 5. The van der Waals surface area contributed by atoms with E-state index in [-0.39, 0.29) is 85.2 Å². The van der Waals surface area contributed by atoms with Gasteiger partial charge in [-0.2, -0.15) is 0 Å². The van der Waals surface area contributed by atoms with Crippen molar-refractivity contribution in [1.29, 1.82) is 0 Å². The number of Topliss-reactive ketones (excluding diaryl/α,β-unsaturated/α-hetero) is 1. The lowest BCUT2D eigenvalue weighted by atomic mass is 9.83. The molecule has 1 saturated carbocycles. The van der Waals surface area contributed by atoms with Crippen LogP contribution >= 0.6 is 0 Å². The summed E-state index contributed by atoms with van der Waals surface area (Å²) in [6.07, 6.45) is 12.6. The van der Waals surface area contributed by atoms with Crippen LogP contribution in [0.4, 0.5) is 0 Å². The predicted molar refractivity (Wildman–Crippen MR) is 582 cm³/mol. The van der Waals surface area contributed by atoms with Crippen LogP contribution in [0.15, 0.2) is 316 Å². The van der Waals surface area contributed by atoms with E-state index in [1.165, 1.54) is 11.2 Å². The van der Waals surface area contributed by atoms with Gasteiger partial charge < -0.3 is 42.3 Å². The van der Waals surface area contributed by atoms with Crippen molar-refractivity contribution >= 4 is 105 Å². The predicted octanol–water partition coefficient (Wildman–Crippen LogP) is 23.1. The van der Waals surface area contributed by atoms with Crippen molar-refractivity contribution in [3.8, 4) is 45.7 Å². The zero-order chi connectivity index (χ0) is 104. The number of ketones is 1. The van der Waals surface area contributed by atoms with Crippen molar-refractivity contribution in [2.45, 2.75) is 173 Å². The van der Waals surface area contributed by atoms with E-state index in [9.17, 15) is 33.6 Å². The van der Waals surface area contributed by atoms with E-state index in [4.69, 9.17) is 42.3 Å². The minimum absolute atomic E-state index is 0. The quantitative estimate of drug-likeness (QED) is 0.00889. The minimum atomic E-state index is -1.82. The fourth-order valence-corrected chi connectivity index (χ4v) is 16.3. The van der Waals surface area contributed by atoms with E-state index in [1.807, 2.05) is 257 Å². The van der Waals surface area contributed by atoms with Gasteiger partial charge in [0.25, 0.3) is 0 Å². The van der Waals surface area contributed by atoms with E-state index in [2.05, 4.69) is 104 Å². The van der Waals surface area contributed by atoms with Gasteiger partial charge in [-0.1, -0.05) is 196 Å². The van der Waals surface area contributed by atoms with E-state index in [1.54, 1.807) is 66.1 Å². The highest BCUT2D eigenvalue weighted by molar-refractivity contribution is 6.70. The van der Waals surface area contributed by atoms with E-state index in [0.29, 0.717) is 106 Å². The molecule has 5 aromatic heterocycles. The molecule has 0 N–H and O–H groups in total. The van der Waals surface area contributed by atoms with Crippen LogP contribution in [0, 0.1) is 5.92 Å². The molecule has 16 aromatic rings. The van der Waals surface area contributed by atoms with Gasteiger partial charge in [-0.15, -0.1) is 75.0 Å². The highest BCUT2D eigenvalue weighted by Gasteiger charge is 2.30. The maximum atomic E-state index is 13.4. The molecule has 0 bridgehead atoms. The summed E-state index contributed by atoms with van der Waals surface area (Å²) >= 11 is 0. The number of rotatable bonds is 35. The molecule has 0 radical (unpaired) electrons. The van der Waals surface area contributed by atoms with E-state index < -0.39 is 31.8 Å². The van der Waals surface area contributed by atoms with Crippen LogP contribution in [-0.2, 0) is 90.1 Å². The monoisotopic (exact) mass is 2030 g/mol. The Morgan fingerprint density at radius 3 is 0.987 bits per heavy atom. The molecule has 11 aromatic carbocycles. The van der Waals surface area contributed by atoms with Crippen LogP contribution in [-0.4, -0.2) is 165 Å². The van der Waals surface area contributed by atoms with Crippen molar-refractivity contribution in [3.63, 3.8) is 0 Å². The highest BCUT2D eigenvalue weighted by atomic mass is 28.4. The number of carbonyl (C=O) groups is 7. The van der Waals surface area contributed by atoms with Crippen LogP contribution in [0.3, 0.4) is 0 Å². The van der Waals surface area contributed by atoms with Crippen molar-refractivity contribution in [3.05, 3.63) is 360 Å². The van der Waals surface area contributed by atoms with Gasteiger partial charge in [0.1, 0.15) is 89.3 Å². The average molecular weight is 2030 g/mol. The lowest BCUT2D eigenvalue weighted by Gasteiger charge is -2.28. The Balaban J connectivity index is 0.000000176. The Hall–Kier alpha value is -17.0. The summed E-state index contributed by atoms with van der Waals surface area (Å²) in [5.74, 6) is 0.274. The minimum Gasteiger partial charge on any atom is -0.543 e. The van der Waals surface area contributed by atoms with Crippen molar-refractivity contribution < 1.29 is 75.9 Å². The number of ether oxygens (including phenoxy) is 8. The molecule has 149 heavy (non-hydrogen) atoms. The third-order valence-electron chi connectivity index (χ3n) is 23.1. The molecule has 1 aliphatic carbocycles. The molecule has 2 aliphatic rings. The number of nitrogens with zero attached hydrogens (tertiary/aromatic N) is 15. The summed E-state index contributed by atoms with van der Waals surface area (Å²) in [6, 6.07) is 76.9. The second kappa shape index (κ2) is 52.7. The van der Waals surface area contributed by atoms with Crippen LogP contribution in [0.5, 0.6) is 17.2 Å². The first-order valence-corrected chi connectivity index (χ1v) is 51.5. The summed E-state index contributed by atoms with van der Waals surface area (Å²) < 4.78 is 50.2. The largest absolute Gasteiger partial charge is 0.543 e. The van der Waals surface area contributed by atoms with E-state index >= 15 is 0 Å². The molecule has 32 heteroatoms. The third-order valence-corrected chi connectivity index (χ3v) is 24.0. The van der Waals surface area contributed by atoms with Crippen LogP contribution in [0.25, 0.3) is 83.6 Å². The van der Waals surface area contributed by atoms with Gasteiger partial charge in [0.15, 0.2) is 17.8 Å². The number of fused-ring (bicyclic) bond motifs is 5. The van der Waals surface area contributed by atoms with E-state index in [0.717, 1.165) is 138 Å². The first-order chi connectivity index (χ1) is 70.3. The fraction of sp³-hybridized carbons (Fsp3) is 0.274. The molecule has 18 rings (SSSR count). The maximum Gasteiger partial charge on any atom is 0.333 e. The second-order valence-corrected chi connectivity index (χ2v) is 41.1. The van der Waals surface area contributed by atoms with Crippen molar-refractivity contribution in [1.82, 2.24) is 75.0 Å². The standard InChI is InChI=1S/C27H27N3O3.C25H27N3O3.C22H21N3O4.C21H25N3O3Si.C19H17N3O3.3CH4/c1-19(2)26(31)32-17-16-20-14-15-25(33-27(3,4)21-10-6-5-7-11-21)24(18-20)30-28-22-12-8-9-13-23(22)29-30;1-17(2)25(30)31-15-14-18-12-13-20(24(29)19-8-4-3-5-9-19)23(16-18)28-26-21-10-6-7-11-22(21)27-28;1-15(2)22(26)28-13-11-16-9-10-20(29-21-8-5-12-27-21)19(14-16)25-23-17-6-3-4-7-18(17)24-25;1-15(2)21(25)26-13-12-16-10-11-20(27-28(3,4)5)19(14-16)24-22-17-8-6-7-9-18(17)23-24;1-13(2)19(24)25-10-9-14-7-8-15(12-23)18(11-14)22-20-16-5-3-4-6-17(16)21-22;;;/h5-15,18H,1,16-17H2,2-4H3;6-7,10-13,16,19H,1,3-5,8-9,14-15H2,2H3;3-7,9-10,12,14,21H,1,8,11,13H2,2H3;6-11,14H,1,12-13H2,2-5H3;3-8,11-12H,1,9-10H2,2H3;3*1H4. The molecule has 6 heterocycles. The molecule has 1 unspecified atom stereocenters. The molecular weight excluding hydrogens is 1900 g/mol. The zero-order valence-electron chi connectivity index (χ0n) is 83.6. The van der Waals surface area contributed by atoms with Gasteiger partial charge in [-0.3, -0.25) is 9.59 Å². The second-order valence-electron chi connectivity index (χ2n) is 36.7. The number of benzene rings is 11. The zero-order valence-corrected chi connectivity index (χ0v) is 84.6. The third kappa shape index (κ3) is 30.8. The number of hydrogen-bond acceptors (Lipinski definition) is 26. The van der Waals surface area contributed by atoms with Gasteiger partial charge in [-0.25, -0.2) is 24.0 Å². The van der Waals surface area contributed by atoms with Crippen molar-refractivity contribution in [2.75, 3.05) is 33.0 Å². The lowest BCUT2D eigenvalue weighted by Crippen LogP contribution is -2.30. The Morgan fingerprint density at radius 1 is 0.369 bits per heavy atom. The van der Waals surface area contributed by atoms with Gasteiger partial charge in [0.2, 0.25) is 14.6 Å². The van der Waals surface area contributed by atoms with Crippen molar-refractivity contribution in [2.24, 2.45) is 5.92 Å². The first kappa shape index (κ1) is 112. The summed E-state index contributed by atoms with van der Waals surface area (Å²) in [7, 11) is -1.82. The van der Waals surface area contributed by atoms with Gasteiger partial charge >= 0.3 is 29.8 Å². The summed E-state index contributed by atoms with van der Waals surface area (Å²) in [5.41, 5.74) is 19.7. The molecule has 1 fully saturated rings. The molecule has 31 nitrogen and oxygen atoms in total. The first-order valence-electron chi connectivity index (χ1n) is 48.1. The van der Waals surface area contributed by atoms with Crippen LogP contribution < -0.4 is 13.9 Å². The molecule has 0 saturated heterocycles. The Bertz CT molecular complexity index is 7350. The maximum absolute atomic E-state index is 13.4. The normalized spacial score (nSPS) is 12.4. The number of carbonyl (C=O) groups excluding carboxylic acids is 7. The van der Waals surface area contributed by atoms with Gasteiger partial charge in [-0.05, 0) is 242 Å². The van der Waals surface area contributed by atoms with Crippen LogP contribution in [0.1, 0.15) is 163 Å². The Kier molecular flexibility index (Phi) is 39.7. The van der Waals surface area contributed by atoms with Gasteiger partial charge in [0.05, 0.1) is 50.7 Å². The van der Waals surface area contributed by atoms with Gasteiger partial charge in [0, 0.05) is 83.4 Å². The van der Waals surface area contributed by atoms with Crippen LogP contribution in [0.2, 0.25) is 19.6 Å². The number of aromatic nitrogens is 15. The molecule has 0 spiro atoms. The highest BCUT2D eigenvalue weighted by Crippen LogP contribution is 2.36. The number of aldehydes is 1. The lowest BCUT2D eigenvalue weighted by molar-refractivity contribution is -0.139. The molecule has 1 aliphatic heterocycles. The Labute approximate surface area is 869 Å². The summed E-state index contributed by atoms with van der Waals surface area (Å²) in [4.78, 5) is 90.4. The topological polar surface area (TPSA) is 356 Å². The molecule has 772 valence electrons. The average Bonchev–Trinajstić information content (AvgIpc) is 1.68.